The maximum Gasteiger partial charge on any atom is 0.337 e. The van der Waals surface area contributed by atoms with Crippen molar-refractivity contribution in [2.24, 2.45) is 0 Å². The van der Waals surface area contributed by atoms with Crippen LogP contribution in [0.4, 0.5) is 5.69 Å². The minimum Gasteiger partial charge on any atom is -0.465 e. The molecule has 0 aliphatic carbocycles. The third kappa shape index (κ3) is 4.34. The molecule has 0 bridgehead atoms. The Kier molecular flexibility index (Phi) is 6.32. The van der Waals surface area contributed by atoms with E-state index in [9.17, 15) is 4.79 Å². The van der Waals surface area contributed by atoms with E-state index in [2.05, 4.69) is 36.8 Å². The van der Waals surface area contributed by atoms with Gasteiger partial charge >= 0.3 is 5.97 Å². The Morgan fingerprint density at radius 2 is 1.71 bits per heavy atom. The fourth-order valence-corrected chi connectivity index (χ4v) is 4.05. The van der Waals surface area contributed by atoms with Gasteiger partial charge < -0.3 is 9.46 Å². The van der Waals surface area contributed by atoms with Crippen molar-refractivity contribution >= 4 is 35.2 Å². The Hall–Kier alpha value is -2.43. The largest absolute Gasteiger partial charge is 0.465 e. The Bertz CT molecular complexity index is 1020. The molecule has 0 fully saturated rings. The molecular weight excluding hydrogens is 390 g/mol. The highest BCUT2D eigenvalue weighted by atomic mass is 35.5. The Morgan fingerprint density at radius 3 is 2.39 bits per heavy atom. The van der Waals surface area contributed by atoms with Gasteiger partial charge in [-0.2, -0.15) is 0 Å². The van der Waals surface area contributed by atoms with Gasteiger partial charge in [0.15, 0.2) is 0 Å². The van der Waals surface area contributed by atoms with Crippen molar-refractivity contribution in [1.82, 2.24) is 0 Å². The zero-order valence-corrected chi connectivity index (χ0v) is 17.9. The molecule has 0 heterocycles. The topological polar surface area (TPSA) is 38.3 Å². The second kappa shape index (κ2) is 8.72. The van der Waals surface area contributed by atoms with Gasteiger partial charge in [-0.1, -0.05) is 35.9 Å². The zero-order valence-electron chi connectivity index (χ0n) is 16.3. The van der Waals surface area contributed by atoms with Crippen LogP contribution in [0.5, 0.6) is 0 Å². The van der Waals surface area contributed by atoms with E-state index < -0.39 is 0 Å². The van der Waals surface area contributed by atoms with E-state index in [0.717, 1.165) is 43.4 Å². The molecule has 0 unspecified atom stereocenters. The summed E-state index contributed by atoms with van der Waals surface area (Å²) in [4.78, 5) is 12.8. The van der Waals surface area contributed by atoms with Crippen molar-refractivity contribution in [1.29, 1.82) is 0 Å². The van der Waals surface area contributed by atoms with Crippen LogP contribution in [-0.2, 0) is 4.74 Å². The van der Waals surface area contributed by atoms with Crippen LogP contribution in [0.3, 0.4) is 0 Å². The average Bonchev–Trinajstić information content (AvgIpc) is 2.70. The monoisotopic (exact) mass is 411 g/mol. The van der Waals surface area contributed by atoms with Gasteiger partial charge in [-0.25, -0.2) is 4.79 Å². The van der Waals surface area contributed by atoms with Crippen molar-refractivity contribution in [2.45, 2.75) is 25.7 Å². The summed E-state index contributed by atoms with van der Waals surface area (Å²) in [7, 11) is 1.39. The molecule has 0 spiro atoms. The predicted molar refractivity (Wildman–Crippen MR) is 118 cm³/mol. The maximum atomic E-state index is 11.6. The smallest absolute Gasteiger partial charge is 0.337 e. The molecule has 0 aromatic heterocycles. The van der Waals surface area contributed by atoms with E-state index in [1.807, 2.05) is 31.2 Å². The van der Waals surface area contributed by atoms with E-state index in [1.165, 1.54) is 7.11 Å². The normalized spacial score (nSPS) is 10.6. The summed E-state index contributed by atoms with van der Waals surface area (Å²) in [6, 6.07) is 17.7. The van der Waals surface area contributed by atoms with E-state index in [-0.39, 0.29) is 5.97 Å². The van der Waals surface area contributed by atoms with Crippen LogP contribution < -0.4 is 4.72 Å². The molecule has 0 saturated carbocycles. The van der Waals surface area contributed by atoms with Gasteiger partial charge in [-0.05, 0) is 90.9 Å². The van der Waals surface area contributed by atoms with Crippen molar-refractivity contribution in [3.05, 3.63) is 81.9 Å². The van der Waals surface area contributed by atoms with Gasteiger partial charge in [0.2, 0.25) is 0 Å². The SMILES string of the molecule is COC(=O)c1ccc(-c2cccc(NSc3cc(C)c(Cl)cc3C)c2C)cc1. The molecule has 0 amide bonds. The molecule has 3 rings (SSSR count). The van der Waals surface area contributed by atoms with Gasteiger partial charge in [0.25, 0.3) is 0 Å². The number of anilines is 1. The first-order valence-electron chi connectivity index (χ1n) is 8.88. The second-order valence-electron chi connectivity index (χ2n) is 6.62. The Labute approximate surface area is 175 Å². The van der Waals surface area contributed by atoms with Crippen LogP contribution in [-0.4, -0.2) is 13.1 Å². The summed E-state index contributed by atoms with van der Waals surface area (Å²) >= 11 is 7.78. The molecule has 1 N–H and O–H groups in total. The first-order valence-corrected chi connectivity index (χ1v) is 10.1. The van der Waals surface area contributed by atoms with Gasteiger partial charge in [0.1, 0.15) is 0 Å². The number of aryl methyl sites for hydroxylation is 2. The molecule has 5 heteroatoms. The van der Waals surface area contributed by atoms with Crippen LogP contribution in [0.1, 0.15) is 27.0 Å². The number of carbonyl (C=O) groups is 1. The number of nitrogens with one attached hydrogen (secondary N) is 1. The molecule has 0 saturated heterocycles. The summed E-state index contributed by atoms with van der Waals surface area (Å²) in [6.07, 6.45) is 0. The summed E-state index contributed by atoms with van der Waals surface area (Å²) in [5.41, 5.74) is 7.11. The Balaban J connectivity index is 1.83. The van der Waals surface area contributed by atoms with Gasteiger partial charge in [-0.15, -0.1) is 0 Å². The average molecular weight is 412 g/mol. The third-order valence-corrected chi connectivity index (χ3v) is 6.07. The lowest BCUT2D eigenvalue weighted by molar-refractivity contribution is 0.0601. The molecular formula is C23H22ClNO2S. The van der Waals surface area contributed by atoms with Crippen LogP contribution in [0, 0.1) is 20.8 Å². The van der Waals surface area contributed by atoms with E-state index in [0.29, 0.717) is 5.56 Å². The minimum absolute atomic E-state index is 0.330. The van der Waals surface area contributed by atoms with E-state index >= 15 is 0 Å². The number of methoxy groups -OCH3 is 1. The molecule has 3 aromatic rings. The second-order valence-corrected chi connectivity index (χ2v) is 7.87. The number of carbonyl (C=O) groups excluding carboxylic acids is 1. The number of ether oxygens (including phenoxy) is 1. The number of hydrogen-bond donors (Lipinski definition) is 1. The lowest BCUT2D eigenvalue weighted by atomic mass is 9.98. The first kappa shape index (κ1) is 20.3. The first-order chi connectivity index (χ1) is 13.4. The quantitative estimate of drug-likeness (QED) is 0.368. The number of esters is 1. The molecule has 0 aliphatic rings. The highest BCUT2D eigenvalue weighted by Gasteiger charge is 2.10. The molecule has 0 radical (unpaired) electrons. The molecule has 3 nitrogen and oxygen atoms in total. The van der Waals surface area contributed by atoms with Crippen LogP contribution in [0.15, 0.2) is 59.5 Å². The van der Waals surface area contributed by atoms with E-state index in [4.69, 9.17) is 16.3 Å². The zero-order chi connectivity index (χ0) is 20.3. The fourth-order valence-electron chi connectivity index (χ4n) is 2.94. The molecule has 28 heavy (non-hydrogen) atoms. The standard InChI is InChI=1S/C23H22ClNO2S/c1-14-13-22(15(2)12-20(14)24)28-25-21-7-5-6-19(16(21)3)17-8-10-18(11-9-17)23(26)27-4/h5-13,25H,1-4H3. The minimum atomic E-state index is -0.330. The number of benzene rings is 3. The fraction of sp³-hybridized carbons (Fsp3) is 0.174. The van der Waals surface area contributed by atoms with Crippen LogP contribution in [0.2, 0.25) is 5.02 Å². The van der Waals surface area contributed by atoms with Crippen molar-refractivity contribution < 1.29 is 9.53 Å². The van der Waals surface area contributed by atoms with Crippen molar-refractivity contribution in [3.63, 3.8) is 0 Å². The highest BCUT2D eigenvalue weighted by Crippen LogP contribution is 2.33. The molecule has 0 aliphatic heterocycles. The van der Waals surface area contributed by atoms with Crippen LogP contribution >= 0.6 is 23.5 Å². The lowest BCUT2D eigenvalue weighted by Crippen LogP contribution is -2.00. The Morgan fingerprint density at radius 1 is 1.00 bits per heavy atom. The maximum absolute atomic E-state index is 11.6. The van der Waals surface area contributed by atoms with Gasteiger partial charge in [0, 0.05) is 15.6 Å². The number of halogens is 1. The summed E-state index contributed by atoms with van der Waals surface area (Å²) in [5, 5.41) is 0.787. The lowest BCUT2D eigenvalue weighted by Gasteiger charge is -2.15. The summed E-state index contributed by atoms with van der Waals surface area (Å²) in [6.45, 7) is 6.16. The summed E-state index contributed by atoms with van der Waals surface area (Å²) in [5.74, 6) is -0.330. The van der Waals surface area contributed by atoms with Crippen molar-refractivity contribution in [2.75, 3.05) is 11.8 Å². The van der Waals surface area contributed by atoms with Crippen molar-refractivity contribution in [3.8, 4) is 11.1 Å². The molecule has 144 valence electrons. The number of rotatable bonds is 5. The highest BCUT2D eigenvalue weighted by molar-refractivity contribution is 8.00. The van der Waals surface area contributed by atoms with Gasteiger partial charge in [0.05, 0.1) is 12.7 Å². The molecule has 3 aromatic carbocycles. The molecule has 0 atom stereocenters. The van der Waals surface area contributed by atoms with Gasteiger partial charge in [-0.3, -0.25) is 0 Å². The summed E-state index contributed by atoms with van der Waals surface area (Å²) < 4.78 is 8.23. The predicted octanol–water partition coefficient (Wildman–Crippen LogP) is 6.84. The third-order valence-electron chi connectivity index (χ3n) is 4.68. The number of hydrogen-bond acceptors (Lipinski definition) is 4. The van der Waals surface area contributed by atoms with Crippen LogP contribution in [0.25, 0.3) is 11.1 Å². The van der Waals surface area contributed by atoms with E-state index in [1.54, 1.807) is 24.1 Å².